The lowest BCUT2D eigenvalue weighted by molar-refractivity contribution is -0.130. The number of rotatable bonds is 6. The summed E-state index contributed by atoms with van der Waals surface area (Å²) in [7, 11) is 0. The molecule has 4 heteroatoms. The Morgan fingerprint density at radius 3 is 2.16 bits per heavy atom. The predicted octanol–water partition coefficient (Wildman–Crippen LogP) is 3.99. The molecule has 1 unspecified atom stereocenters. The third kappa shape index (κ3) is 4.47. The fraction of sp³-hybridized carbons (Fsp3) is 0.333. The molecule has 2 aromatic rings. The van der Waals surface area contributed by atoms with Crippen molar-refractivity contribution in [1.29, 1.82) is 0 Å². The van der Waals surface area contributed by atoms with Crippen molar-refractivity contribution >= 4 is 11.9 Å². The van der Waals surface area contributed by atoms with E-state index in [2.05, 4.69) is 19.2 Å². The summed E-state index contributed by atoms with van der Waals surface area (Å²) in [4.78, 5) is 25.0. The average molecular weight is 337 g/mol. The van der Waals surface area contributed by atoms with Crippen LogP contribution in [0.2, 0.25) is 0 Å². The summed E-state index contributed by atoms with van der Waals surface area (Å²) in [6, 6.07) is 16.7. The fourth-order valence-corrected chi connectivity index (χ4v) is 2.58. The van der Waals surface area contributed by atoms with Gasteiger partial charge in [0, 0.05) is 11.6 Å². The summed E-state index contributed by atoms with van der Waals surface area (Å²) in [6.45, 7) is 4.20. The summed E-state index contributed by atoms with van der Waals surface area (Å²) in [5, 5.41) is 2.92. The first-order chi connectivity index (χ1) is 12.0. The van der Waals surface area contributed by atoms with Crippen molar-refractivity contribution < 1.29 is 14.3 Å². The molecule has 1 aliphatic carbocycles. The van der Waals surface area contributed by atoms with Crippen LogP contribution in [0.15, 0.2) is 54.6 Å². The van der Waals surface area contributed by atoms with Gasteiger partial charge < -0.3 is 10.1 Å². The molecule has 0 aromatic heterocycles. The highest BCUT2D eigenvalue weighted by Crippen LogP contribution is 2.24. The molecule has 2 aromatic carbocycles. The molecule has 0 radical (unpaired) electrons. The van der Waals surface area contributed by atoms with Crippen LogP contribution < -0.4 is 5.32 Å². The second-order valence-corrected chi connectivity index (χ2v) is 6.76. The third-order valence-electron chi connectivity index (χ3n) is 4.30. The number of nitrogens with one attached hydrogen (secondary N) is 1. The molecular formula is C21H23NO3. The summed E-state index contributed by atoms with van der Waals surface area (Å²) in [5.41, 5.74) is 2.28. The van der Waals surface area contributed by atoms with Gasteiger partial charge in [-0.2, -0.15) is 0 Å². The minimum absolute atomic E-state index is 0.211. The Balaban J connectivity index is 1.76. The van der Waals surface area contributed by atoms with Crippen LogP contribution in [0.25, 0.3) is 0 Å². The van der Waals surface area contributed by atoms with Gasteiger partial charge >= 0.3 is 5.97 Å². The average Bonchev–Trinajstić information content (AvgIpc) is 3.44. The SMILES string of the molecule is CC(C)c1ccc(C(=O)OC(C(=O)NC2CC2)c2ccccc2)cc1. The van der Waals surface area contributed by atoms with Gasteiger partial charge in [-0.25, -0.2) is 4.79 Å². The van der Waals surface area contributed by atoms with Crippen molar-refractivity contribution in [2.45, 2.75) is 44.8 Å². The van der Waals surface area contributed by atoms with Gasteiger partial charge in [0.1, 0.15) is 0 Å². The molecule has 1 saturated carbocycles. The first-order valence-electron chi connectivity index (χ1n) is 8.71. The molecule has 0 spiro atoms. The molecular weight excluding hydrogens is 314 g/mol. The van der Waals surface area contributed by atoms with Gasteiger partial charge in [0.05, 0.1) is 5.56 Å². The lowest BCUT2D eigenvalue weighted by Gasteiger charge is -2.18. The van der Waals surface area contributed by atoms with Crippen molar-refractivity contribution in [2.24, 2.45) is 0 Å². The highest BCUT2D eigenvalue weighted by Gasteiger charge is 2.31. The van der Waals surface area contributed by atoms with Crippen molar-refractivity contribution in [3.8, 4) is 0 Å². The molecule has 1 amide bonds. The maximum Gasteiger partial charge on any atom is 0.339 e. The number of carbonyl (C=O) groups is 2. The van der Waals surface area contributed by atoms with E-state index in [0.29, 0.717) is 17.0 Å². The van der Waals surface area contributed by atoms with Gasteiger partial charge in [0.25, 0.3) is 5.91 Å². The normalized spacial score (nSPS) is 14.8. The Labute approximate surface area is 148 Å². The first-order valence-corrected chi connectivity index (χ1v) is 8.71. The molecule has 1 aliphatic rings. The van der Waals surface area contributed by atoms with E-state index >= 15 is 0 Å². The van der Waals surface area contributed by atoms with E-state index in [1.807, 2.05) is 30.3 Å². The number of ether oxygens (including phenoxy) is 1. The number of hydrogen-bond donors (Lipinski definition) is 1. The van der Waals surface area contributed by atoms with E-state index in [0.717, 1.165) is 18.4 Å². The minimum Gasteiger partial charge on any atom is -0.444 e. The highest BCUT2D eigenvalue weighted by molar-refractivity contribution is 5.92. The largest absolute Gasteiger partial charge is 0.444 e. The van der Waals surface area contributed by atoms with Crippen molar-refractivity contribution in [1.82, 2.24) is 5.32 Å². The molecule has 130 valence electrons. The van der Waals surface area contributed by atoms with E-state index < -0.39 is 12.1 Å². The Kier molecular flexibility index (Phi) is 5.17. The Hall–Kier alpha value is -2.62. The molecule has 0 aliphatic heterocycles. The predicted molar refractivity (Wildman–Crippen MR) is 96.3 cm³/mol. The van der Waals surface area contributed by atoms with E-state index in [1.54, 1.807) is 24.3 Å². The van der Waals surface area contributed by atoms with Crippen LogP contribution in [0.3, 0.4) is 0 Å². The molecule has 1 N–H and O–H groups in total. The van der Waals surface area contributed by atoms with Gasteiger partial charge in [0.2, 0.25) is 6.10 Å². The van der Waals surface area contributed by atoms with E-state index in [4.69, 9.17) is 4.74 Å². The minimum atomic E-state index is -0.931. The van der Waals surface area contributed by atoms with E-state index in [9.17, 15) is 9.59 Å². The van der Waals surface area contributed by atoms with Gasteiger partial charge in [-0.1, -0.05) is 56.3 Å². The fourth-order valence-electron chi connectivity index (χ4n) is 2.58. The van der Waals surface area contributed by atoms with Gasteiger partial charge in [0.15, 0.2) is 0 Å². The number of amides is 1. The van der Waals surface area contributed by atoms with E-state index in [-0.39, 0.29) is 11.9 Å². The number of benzene rings is 2. The molecule has 0 heterocycles. The third-order valence-corrected chi connectivity index (χ3v) is 4.30. The number of carbonyl (C=O) groups excluding carboxylic acids is 2. The van der Waals surface area contributed by atoms with Crippen LogP contribution >= 0.6 is 0 Å². The molecule has 3 rings (SSSR count). The van der Waals surface area contributed by atoms with Gasteiger partial charge in [-0.05, 0) is 36.5 Å². The molecule has 1 atom stereocenters. The van der Waals surface area contributed by atoms with Crippen molar-refractivity contribution in [2.75, 3.05) is 0 Å². The number of hydrogen-bond acceptors (Lipinski definition) is 3. The number of esters is 1. The van der Waals surface area contributed by atoms with Crippen LogP contribution in [0.5, 0.6) is 0 Å². The van der Waals surface area contributed by atoms with Crippen LogP contribution in [0.1, 0.15) is 60.2 Å². The standard InChI is InChI=1S/C21H23NO3/c1-14(2)15-8-10-17(11-9-15)21(24)25-19(16-6-4-3-5-7-16)20(23)22-18-12-13-18/h3-11,14,18-19H,12-13H2,1-2H3,(H,22,23). The quantitative estimate of drug-likeness (QED) is 0.811. The smallest absolute Gasteiger partial charge is 0.339 e. The monoisotopic (exact) mass is 337 g/mol. The summed E-state index contributed by atoms with van der Waals surface area (Å²) in [6.07, 6.45) is 1.04. The Bertz CT molecular complexity index is 733. The molecule has 0 bridgehead atoms. The maximum absolute atomic E-state index is 12.5. The summed E-state index contributed by atoms with van der Waals surface area (Å²) in [5.74, 6) is -0.359. The van der Waals surface area contributed by atoms with Crippen LogP contribution in [0.4, 0.5) is 0 Å². The van der Waals surface area contributed by atoms with E-state index in [1.165, 1.54) is 0 Å². The maximum atomic E-state index is 12.5. The van der Waals surface area contributed by atoms with Crippen molar-refractivity contribution in [3.05, 3.63) is 71.3 Å². The Morgan fingerprint density at radius 1 is 0.960 bits per heavy atom. The second kappa shape index (κ2) is 7.51. The highest BCUT2D eigenvalue weighted by atomic mass is 16.5. The molecule has 4 nitrogen and oxygen atoms in total. The summed E-state index contributed by atoms with van der Waals surface area (Å²) < 4.78 is 5.56. The second-order valence-electron chi connectivity index (χ2n) is 6.76. The van der Waals surface area contributed by atoms with Gasteiger partial charge in [-0.3, -0.25) is 4.79 Å². The van der Waals surface area contributed by atoms with Crippen molar-refractivity contribution in [3.63, 3.8) is 0 Å². The zero-order valence-corrected chi connectivity index (χ0v) is 14.6. The zero-order valence-electron chi connectivity index (χ0n) is 14.6. The van der Waals surface area contributed by atoms with Crippen LogP contribution in [-0.2, 0) is 9.53 Å². The lowest BCUT2D eigenvalue weighted by Crippen LogP contribution is -2.33. The molecule has 0 saturated heterocycles. The Morgan fingerprint density at radius 2 is 1.60 bits per heavy atom. The molecule has 25 heavy (non-hydrogen) atoms. The lowest BCUT2D eigenvalue weighted by atomic mass is 10.0. The summed E-state index contributed by atoms with van der Waals surface area (Å²) >= 11 is 0. The first kappa shape index (κ1) is 17.2. The molecule has 1 fully saturated rings. The van der Waals surface area contributed by atoms with Crippen LogP contribution in [0, 0.1) is 0 Å². The van der Waals surface area contributed by atoms with Gasteiger partial charge in [-0.15, -0.1) is 0 Å². The topological polar surface area (TPSA) is 55.4 Å². The zero-order chi connectivity index (χ0) is 17.8. The van der Waals surface area contributed by atoms with Crippen LogP contribution in [-0.4, -0.2) is 17.9 Å².